The highest BCUT2D eigenvalue weighted by Gasteiger charge is 2.21. The lowest BCUT2D eigenvalue weighted by Gasteiger charge is -2.20. The fraction of sp³-hybridized carbons (Fsp3) is 0.346. The molecule has 0 saturated heterocycles. The van der Waals surface area contributed by atoms with E-state index >= 15 is 0 Å². The van der Waals surface area contributed by atoms with E-state index in [2.05, 4.69) is 16.8 Å². The third-order valence-corrected chi connectivity index (χ3v) is 5.45. The van der Waals surface area contributed by atoms with Crippen LogP contribution < -0.4 is 17.0 Å². The van der Waals surface area contributed by atoms with E-state index < -0.39 is 23.5 Å². The number of rotatable bonds is 9. The number of primary amides is 1. The number of likely N-dealkylation sites (N-methyl/N-ethyl adjacent to an activating group) is 2. The Bertz CT molecular complexity index is 1260. The van der Waals surface area contributed by atoms with Crippen LogP contribution in [0.1, 0.15) is 29.9 Å². The molecule has 0 fully saturated rings. The number of amides is 1. The van der Waals surface area contributed by atoms with Crippen LogP contribution in [-0.2, 0) is 11.8 Å². The van der Waals surface area contributed by atoms with Gasteiger partial charge in [0, 0.05) is 57.7 Å². The van der Waals surface area contributed by atoms with Gasteiger partial charge in [-0.25, -0.2) is 13.8 Å². The first kappa shape index (κ1) is 28.3. The Kier molecular flexibility index (Phi) is 10.4. The number of nitrogens with two attached hydrogens (primary N) is 2. The molecule has 1 amide bonds. The van der Waals surface area contributed by atoms with Gasteiger partial charge in [0.15, 0.2) is 5.96 Å². The van der Waals surface area contributed by atoms with Crippen LogP contribution in [-0.4, -0.2) is 60.5 Å². The monoisotopic (exact) mass is 498 g/mol. The van der Waals surface area contributed by atoms with Gasteiger partial charge in [-0.1, -0.05) is 12.0 Å². The van der Waals surface area contributed by atoms with E-state index in [1.165, 1.54) is 10.6 Å². The smallest absolute Gasteiger partial charge is 0.267 e. The lowest BCUT2D eigenvalue weighted by molar-refractivity contribution is -0.114. The number of guanidine groups is 1. The molecule has 10 heteroatoms. The highest BCUT2D eigenvalue weighted by Crippen LogP contribution is 2.28. The largest absolute Gasteiger partial charge is 0.369 e. The molecular formula is C26H32F2N6O2. The molecule has 2 rings (SSSR count). The average Bonchev–Trinajstić information content (AvgIpc) is 2.82. The second-order valence-corrected chi connectivity index (χ2v) is 8.51. The normalized spacial score (nSPS) is 12.8. The quantitative estimate of drug-likeness (QED) is 0.237. The van der Waals surface area contributed by atoms with Crippen LogP contribution in [0.25, 0.3) is 0 Å². The summed E-state index contributed by atoms with van der Waals surface area (Å²) in [5.41, 5.74) is 11.4. The number of pyridine rings is 1. The Morgan fingerprint density at radius 2 is 1.86 bits per heavy atom. The van der Waals surface area contributed by atoms with Gasteiger partial charge in [0.05, 0.1) is 0 Å². The van der Waals surface area contributed by atoms with Crippen LogP contribution in [0.5, 0.6) is 0 Å². The van der Waals surface area contributed by atoms with Crippen LogP contribution >= 0.6 is 0 Å². The lowest BCUT2D eigenvalue weighted by Crippen LogP contribution is -2.38. The van der Waals surface area contributed by atoms with Crippen molar-refractivity contribution in [2.75, 3.05) is 34.2 Å². The van der Waals surface area contributed by atoms with Crippen molar-refractivity contribution in [1.82, 2.24) is 14.4 Å². The molecule has 0 aliphatic carbocycles. The van der Waals surface area contributed by atoms with Gasteiger partial charge in [0.2, 0.25) is 0 Å². The fourth-order valence-electron chi connectivity index (χ4n) is 3.32. The molecule has 36 heavy (non-hydrogen) atoms. The number of nitrogens with zero attached hydrogens (tertiary/aromatic N) is 4. The van der Waals surface area contributed by atoms with Crippen LogP contribution in [0.15, 0.2) is 58.1 Å². The zero-order valence-corrected chi connectivity index (χ0v) is 21.0. The second kappa shape index (κ2) is 13.2. The Balaban J connectivity index is 2.27. The molecule has 0 spiro atoms. The molecule has 1 aromatic heterocycles. The third-order valence-electron chi connectivity index (χ3n) is 5.45. The average molecular weight is 499 g/mol. The Hall–Kier alpha value is -3.97. The zero-order chi connectivity index (χ0) is 26.8. The zero-order valence-electron chi connectivity index (χ0n) is 21.0. The highest BCUT2D eigenvalue weighted by atomic mass is 19.1. The first-order valence-electron chi connectivity index (χ1n) is 11.3. The van der Waals surface area contributed by atoms with E-state index in [9.17, 15) is 18.4 Å². The predicted molar refractivity (Wildman–Crippen MR) is 137 cm³/mol. The van der Waals surface area contributed by atoms with Crippen molar-refractivity contribution < 1.29 is 13.6 Å². The summed E-state index contributed by atoms with van der Waals surface area (Å²) in [5, 5.41) is 0. The van der Waals surface area contributed by atoms with Gasteiger partial charge >= 0.3 is 0 Å². The predicted octanol–water partition coefficient (Wildman–Crippen LogP) is 1.76. The van der Waals surface area contributed by atoms with Crippen molar-refractivity contribution in [2.24, 2.45) is 23.5 Å². The van der Waals surface area contributed by atoms with Crippen molar-refractivity contribution in [2.45, 2.75) is 18.8 Å². The standard InChI is InChI=1S/C26H32F2N6O2/c1-32(2)15-16-34(4)26(30)31-23(24(29)35)11-7-5-6-9-19(20-10-8-14-33(3)25(20)36)21-17-18(27)12-13-22(21)28/h8,10-14,17,19H,7,9,15-16H2,1-4H3,(H2,29,35)(H2,30,31)/b23-11-. The van der Waals surface area contributed by atoms with E-state index in [-0.39, 0.29) is 35.6 Å². The Morgan fingerprint density at radius 1 is 1.14 bits per heavy atom. The van der Waals surface area contributed by atoms with Gasteiger partial charge in [-0.15, -0.1) is 5.92 Å². The van der Waals surface area contributed by atoms with Crippen molar-refractivity contribution in [3.05, 3.63) is 81.4 Å². The van der Waals surface area contributed by atoms with Crippen molar-refractivity contribution >= 4 is 11.9 Å². The van der Waals surface area contributed by atoms with E-state index in [1.54, 1.807) is 37.3 Å². The van der Waals surface area contributed by atoms with E-state index in [0.29, 0.717) is 12.1 Å². The van der Waals surface area contributed by atoms with E-state index in [0.717, 1.165) is 24.7 Å². The van der Waals surface area contributed by atoms with Crippen LogP contribution in [0, 0.1) is 23.5 Å². The van der Waals surface area contributed by atoms with Gasteiger partial charge in [-0.3, -0.25) is 9.59 Å². The number of allylic oxidation sites excluding steroid dienone is 1. The maximum Gasteiger partial charge on any atom is 0.267 e. The molecule has 1 atom stereocenters. The molecule has 1 aromatic carbocycles. The molecule has 4 N–H and O–H groups in total. The number of aryl methyl sites for hydroxylation is 1. The minimum Gasteiger partial charge on any atom is -0.369 e. The van der Waals surface area contributed by atoms with E-state index in [1.807, 2.05) is 19.0 Å². The molecule has 192 valence electrons. The van der Waals surface area contributed by atoms with Gasteiger partial charge in [0.25, 0.3) is 11.5 Å². The second-order valence-electron chi connectivity index (χ2n) is 8.51. The first-order chi connectivity index (χ1) is 17.0. The van der Waals surface area contributed by atoms with E-state index in [4.69, 9.17) is 11.5 Å². The number of aromatic nitrogens is 1. The maximum atomic E-state index is 14.6. The molecule has 0 bridgehead atoms. The third kappa shape index (κ3) is 8.06. The number of halogens is 2. The summed E-state index contributed by atoms with van der Waals surface area (Å²) in [4.78, 5) is 32.3. The number of carbonyl (C=O) groups is 1. The number of carbonyl (C=O) groups excluding carboxylic acids is 1. The van der Waals surface area contributed by atoms with Gasteiger partial charge < -0.3 is 25.8 Å². The minimum absolute atomic E-state index is 0.0387. The Morgan fingerprint density at radius 3 is 2.53 bits per heavy atom. The summed E-state index contributed by atoms with van der Waals surface area (Å²) in [6.45, 7) is 1.34. The molecule has 1 unspecified atom stereocenters. The van der Waals surface area contributed by atoms with Gasteiger partial charge in [-0.2, -0.15) is 0 Å². The summed E-state index contributed by atoms with van der Waals surface area (Å²) in [6, 6.07) is 6.36. The van der Waals surface area contributed by atoms with Crippen LogP contribution in [0.3, 0.4) is 0 Å². The topological polar surface area (TPSA) is 110 Å². The molecule has 0 aliphatic rings. The maximum absolute atomic E-state index is 14.6. The number of hydrogen-bond donors (Lipinski definition) is 2. The lowest BCUT2D eigenvalue weighted by atomic mass is 9.89. The fourth-order valence-corrected chi connectivity index (χ4v) is 3.32. The summed E-state index contributed by atoms with van der Waals surface area (Å²) in [7, 11) is 7.19. The first-order valence-corrected chi connectivity index (χ1v) is 11.3. The van der Waals surface area contributed by atoms with Crippen molar-refractivity contribution in [1.29, 1.82) is 0 Å². The van der Waals surface area contributed by atoms with Crippen LogP contribution in [0.2, 0.25) is 0 Å². The Labute approximate surface area is 209 Å². The number of aliphatic imine (C=N–C) groups is 1. The highest BCUT2D eigenvalue weighted by molar-refractivity contribution is 5.95. The van der Waals surface area contributed by atoms with Gasteiger partial charge in [0.1, 0.15) is 17.3 Å². The summed E-state index contributed by atoms with van der Waals surface area (Å²) in [6.07, 6.45) is 3.19. The molecule has 0 aliphatic heterocycles. The SMILES string of the molecule is CN(C)CCN(C)C(N)=N/C(=C\CC#CCC(c1cc(F)ccc1F)c1cccn(C)c1=O)C(N)=O. The van der Waals surface area contributed by atoms with Gasteiger partial charge in [-0.05, 0) is 50.0 Å². The van der Waals surface area contributed by atoms with Crippen molar-refractivity contribution in [3.63, 3.8) is 0 Å². The van der Waals surface area contributed by atoms with Crippen LogP contribution in [0.4, 0.5) is 8.78 Å². The minimum atomic E-state index is -0.785. The summed E-state index contributed by atoms with van der Waals surface area (Å²) >= 11 is 0. The molecular weight excluding hydrogens is 466 g/mol. The molecule has 1 heterocycles. The molecule has 2 aromatic rings. The molecule has 0 radical (unpaired) electrons. The summed E-state index contributed by atoms with van der Waals surface area (Å²) < 4.78 is 29.8. The number of benzene rings is 1. The molecule has 0 saturated carbocycles. The summed E-state index contributed by atoms with van der Waals surface area (Å²) in [5.74, 6) is 3.11. The van der Waals surface area contributed by atoms with Crippen molar-refractivity contribution in [3.8, 4) is 11.8 Å². The molecule has 8 nitrogen and oxygen atoms in total. The number of hydrogen-bond acceptors (Lipinski definition) is 4.